The number of carbonyl (C=O) groups excluding carboxylic acids is 1. The molecule has 0 spiro atoms. The van der Waals surface area contributed by atoms with Gasteiger partial charge in [-0.05, 0) is 59.1 Å². The number of rotatable bonds is 4. The van der Waals surface area contributed by atoms with Crippen molar-refractivity contribution < 1.29 is 17.9 Å². The van der Waals surface area contributed by atoms with Crippen molar-refractivity contribution >= 4 is 43.5 Å². The van der Waals surface area contributed by atoms with Gasteiger partial charge in [-0.15, -0.1) is 0 Å². The lowest BCUT2D eigenvalue weighted by atomic mass is 10.2. The maximum absolute atomic E-state index is 12.7. The summed E-state index contributed by atoms with van der Waals surface area (Å²) in [5.41, 5.74) is 0.125. The van der Waals surface area contributed by atoms with E-state index in [1.165, 1.54) is 22.5 Å². The van der Waals surface area contributed by atoms with E-state index >= 15 is 0 Å². The Morgan fingerprint density at radius 3 is 2.48 bits per heavy atom. The monoisotopic (exact) mass is 443 g/mol. The maximum Gasteiger partial charge on any atom is 0.344 e. The predicted octanol–water partition coefficient (Wildman–Crippen LogP) is 4.11. The van der Waals surface area contributed by atoms with E-state index in [4.69, 9.17) is 16.3 Å². The molecule has 1 fully saturated rings. The van der Waals surface area contributed by atoms with Crippen LogP contribution in [0.4, 0.5) is 0 Å². The Hall–Kier alpha value is -1.41. The second-order valence-electron chi connectivity index (χ2n) is 5.57. The molecule has 1 aliphatic heterocycles. The first-order chi connectivity index (χ1) is 11.9. The van der Waals surface area contributed by atoms with E-state index in [1.54, 1.807) is 24.3 Å². The van der Waals surface area contributed by atoms with Gasteiger partial charge >= 0.3 is 5.97 Å². The van der Waals surface area contributed by atoms with Crippen LogP contribution >= 0.6 is 27.5 Å². The third kappa shape index (κ3) is 3.89. The lowest BCUT2D eigenvalue weighted by Gasteiger charge is -2.16. The Morgan fingerprint density at radius 1 is 1.12 bits per heavy atom. The minimum Gasteiger partial charge on any atom is -0.421 e. The fraction of sp³-hybridized carbons (Fsp3) is 0.235. The molecule has 5 nitrogen and oxygen atoms in total. The second kappa shape index (κ2) is 7.45. The molecular weight excluding hydrogens is 430 g/mol. The van der Waals surface area contributed by atoms with Crippen LogP contribution in [0.25, 0.3) is 0 Å². The largest absolute Gasteiger partial charge is 0.421 e. The number of nitrogens with zero attached hydrogens (tertiary/aromatic N) is 1. The van der Waals surface area contributed by atoms with Gasteiger partial charge in [0, 0.05) is 17.6 Å². The lowest BCUT2D eigenvalue weighted by Crippen LogP contribution is -2.28. The van der Waals surface area contributed by atoms with Crippen LogP contribution in [0.15, 0.2) is 51.8 Å². The van der Waals surface area contributed by atoms with Gasteiger partial charge < -0.3 is 4.74 Å². The van der Waals surface area contributed by atoms with Crippen molar-refractivity contribution in [3.63, 3.8) is 0 Å². The number of benzene rings is 2. The minimum absolute atomic E-state index is 0.0729. The van der Waals surface area contributed by atoms with E-state index in [0.29, 0.717) is 22.6 Å². The molecule has 0 unspecified atom stereocenters. The third-order valence-electron chi connectivity index (χ3n) is 3.90. The summed E-state index contributed by atoms with van der Waals surface area (Å²) in [6.07, 6.45) is 1.69. The zero-order chi connectivity index (χ0) is 18.0. The van der Waals surface area contributed by atoms with Crippen LogP contribution in [0, 0.1) is 0 Å². The molecule has 2 aromatic carbocycles. The standard InChI is InChI=1S/C17H15BrClNO4S/c18-14-8-7-12(25(22,23)20-9-3-4-10-20)11-13(14)17(21)24-16-6-2-1-5-15(16)19/h1-2,5-8,11H,3-4,9-10H2. The molecule has 0 aliphatic carbocycles. The van der Waals surface area contributed by atoms with Gasteiger partial charge in [-0.25, -0.2) is 13.2 Å². The van der Waals surface area contributed by atoms with Gasteiger partial charge in [-0.1, -0.05) is 23.7 Å². The van der Waals surface area contributed by atoms with Gasteiger partial charge in [0.05, 0.1) is 15.5 Å². The third-order valence-corrected chi connectivity index (χ3v) is 6.80. The molecule has 0 N–H and O–H groups in total. The number of halogens is 2. The van der Waals surface area contributed by atoms with Crippen LogP contribution in [0.5, 0.6) is 5.75 Å². The first-order valence-electron chi connectivity index (χ1n) is 7.66. The fourth-order valence-corrected chi connectivity index (χ4v) is 4.71. The topological polar surface area (TPSA) is 63.7 Å². The molecular formula is C17H15BrClNO4S. The highest BCUT2D eigenvalue weighted by Gasteiger charge is 2.28. The molecule has 1 heterocycles. The highest BCUT2D eigenvalue weighted by Crippen LogP contribution is 2.28. The number of para-hydroxylation sites is 1. The van der Waals surface area contributed by atoms with Crippen LogP contribution in [-0.4, -0.2) is 31.8 Å². The summed E-state index contributed by atoms with van der Waals surface area (Å²) in [4.78, 5) is 12.5. The number of hydrogen-bond donors (Lipinski definition) is 0. The summed E-state index contributed by atoms with van der Waals surface area (Å²) in [6, 6.07) is 10.9. The van der Waals surface area contributed by atoms with E-state index in [1.807, 2.05) is 0 Å². The summed E-state index contributed by atoms with van der Waals surface area (Å²) in [7, 11) is -3.61. The average Bonchev–Trinajstić information content (AvgIpc) is 3.12. The van der Waals surface area contributed by atoms with Crippen LogP contribution in [0.2, 0.25) is 5.02 Å². The summed E-state index contributed by atoms with van der Waals surface area (Å²) in [5, 5.41) is 0.299. The second-order valence-corrected chi connectivity index (χ2v) is 8.77. The molecule has 25 heavy (non-hydrogen) atoms. The first kappa shape index (κ1) is 18.4. The predicted molar refractivity (Wildman–Crippen MR) is 98.5 cm³/mol. The smallest absolute Gasteiger partial charge is 0.344 e. The van der Waals surface area contributed by atoms with E-state index in [9.17, 15) is 13.2 Å². The number of ether oxygens (including phenoxy) is 1. The quantitative estimate of drug-likeness (QED) is 0.526. The van der Waals surface area contributed by atoms with Crippen molar-refractivity contribution in [1.29, 1.82) is 0 Å². The highest BCUT2D eigenvalue weighted by atomic mass is 79.9. The average molecular weight is 445 g/mol. The summed E-state index contributed by atoms with van der Waals surface area (Å²) >= 11 is 9.26. The van der Waals surface area contributed by atoms with Gasteiger partial charge in [0.15, 0.2) is 0 Å². The molecule has 0 saturated carbocycles. The van der Waals surface area contributed by atoms with Crippen LogP contribution in [0.1, 0.15) is 23.2 Å². The van der Waals surface area contributed by atoms with Crippen molar-refractivity contribution in [3.05, 3.63) is 57.5 Å². The van der Waals surface area contributed by atoms with Gasteiger partial charge in [0.2, 0.25) is 10.0 Å². The molecule has 1 aliphatic rings. The first-order valence-corrected chi connectivity index (χ1v) is 10.3. The summed E-state index contributed by atoms with van der Waals surface area (Å²) < 4.78 is 32.5. The van der Waals surface area contributed by atoms with Gasteiger partial charge in [-0.3, -0.25) is 0 Å². The Kier molecular flexibility index (Phi) is 5.48. The molecule has 1 saturated heterocycles. The van der Waals surface area contributed by atoms with Crippen molar-refractivity contribution in [2.45, 2.75) is 17.7 Å². The fourth-order valence-electron chi connectivity index (χ4n) is 2.58. The number of sulfonamides is 1. The SMILES string of the molecule is O=C(Oc1ccccc1Cl)c1cc(S(=O)(=O)N2CCCC2)ccc1Br. The van der Waals surface area contributed by atoms with Gasteiger partial charge in [0.1, 0.15) is 5.75 Å². The van der Waals surface area contributed by atoms with Gasteiger partial charge in [-0.2, -0.15) is 4.31 Å². The molecule has 0 radical (unpaired) electrons. The molecule has 8 heteroatoms. The number of esters is 1. The van der Waals surface area contributed by atoms with Crippen molar-refractivity contribution in [2.75, 3.05) is 13.1 Å². The zero-order valence-electron chi connectivity index (χ0n) is 13.1. The molecule has 0 amide bonds. The number of carbonyl (C=O) groups is 1. The van der Waals surface area contributed by atoms with E-state index < -0.39 is 16.0 Å². The van der Waals surface area contributed by atoms with Crippen molar-refractivity contribution in [1.82, 2.24) is 4.31 Å². The van der Waals surface area contributed by atoms with Gasteiger partial charge in [0.25, 0.3) is 0 Å². The number of hydrogen-bond acceptors (Lipinski definition) is 4. The van der Waals surface area contributed by atoms with E-state index in [2.05, 4.69) is 15.9 Å². The highest BCUT2D eigenvalue weighted by molar-refractivity contribution is 9.10. The molecule has 0 aromatic heterocycles. The van der Waals surface area contributed by atoms with E-state index in [-0.39, 0.29) is 16.2 Å². The van der Waals surface area contributed by atoms with Crippen LogP contribution in [0.3, 0.4) is 0 Å². The Balaban J connectivity index is 1.91. The van der Waals surface area contributed by atoms with E-state index in [0.717, 1.165) is 12.8 Å². The summed E-state index contributed by atoms with van der Waals surface area (Å²) in [6.45, 7) is 0.996. The normalized spacial score (nSPS) is 15.3. The molecule has 0 atom stereocenters. The Morgan fingerprint density at radius 2 is 1.80 bits per heavy atom. The minimum atomic E-state index is -3.61. The Bertz CT molecular complexity index is 911. The van der Waals surface area contributed by atoms with Crippen LogP contribution < -0.4 is 4.74 Å². The zero-order valence-corrected chi connectivity index (χ0v) is 16.3. The molecule has 3 rings (SSSR count). The van der Waals surface area contributed by atoms with Crippen molar-refractivity contribution in [2.24, 2.45) is 0 Å². The molecule has 2 aromatic rings. The Labute approximate surface area is 159 Å². The summed E-state index contributed by atoms with van der Waals surface area (Å²) in [5.74, 6) is -0.465. The van der Waals surface area contributed by atoms with Crippen LogP contribution in [-0.2, 0) is 10.0 Å². The maximum atomic E-state index is 12.7. The lowest BCUT2D eigenvalue weighted by molar-refractivity contribution is 0.0733. The van der Waals surface area contributed by atoms with Crippen molar-refractivity contribution in [3.8, 4) is 5.75 Å². The molecule has 0 bridgehead atoms. The molecule has 132 valence electrons.